The largest absolute Gasteiger partial charge is 0.352 e. The van der Waals surface area contributed by atoms with Crippen LogP contribution in [-0.2, 0) is 0 Å². The lowest BCUT2D eigenvalue weighted by Crippen LogP contribution is -2.31. The van der Waals surface area contributed by atoms with Gasteiger partial charge in [-0.3, -0.25) is 14.6 Å². The van der Waals surface area contributed by atoms with Gasteiger partial charge in [0.25, 0.3) is 11.8 Å². The number of anilines is 1. The Kier molecular flexibility index (Phi) is 5.84. The average Bonchev–Trinajstić information content (AvgIpc) is 2.78. The van der Waals surface area contributed by atoms with Crippen molar-refractivity contribution in [1.82, 2.24) is 10.3 Å². The fourth-order valence-electron chi connectivity index (χ4n) is 4.03. The molecule has 0 radical (unpaired) electrons. The second-order valence-corrected chi connectivity index (χ2v) is 7.62. The summed E-state index contributed by atoms with van der Waals surface area (Å²) in [5, 5.41) is 7.78. The quantitative estimate of drug-likeness (QED) is 0.661. The van der Waals surface area contributed by atoms with Gasteiger partial charge in [0, 0.05) is 18.3 Å². The number of rotatable bonds is 5. The van der Waals surface area contributed by atoms with Crippen molar-refractivity contribution in [2.45, 2.75) is 32.1 Å². The summed E-state index contributed by atoms with van der Waals surface area (Å²) in [6, 6.07) is 15.0. The van der Waals surface area contributed by atoms with Crippen LogP contribution in [0.2, 0.25) is 0 Å². The van der Waals surface area contributed by atoms with E-state index in [1.54, 1.807) is 18.3 Å². The van der Waals surface area contributed by atoms with Gasteiger partial charge >= 0.3 is 0 Å². The molecule has 0 bridgehead atoms. The third-order valence-corrected chi connectivity index (χ3v) is 5.62. The van der Waals surface area contributed by atoms with Crippen LogP contribution in [0.1, 0.15) is 52.8 Å². The number of hydrogen-bond donors (Lipinski definition) is 2. The van der Waals surface area contributed by atoms with Crippen molar-refractivity contribution < 1.29 is 9.59 Å². The first-order valence-electron chi connectivity index (χ1n) is 10.2. The maximum absolute atomic E-state index is 12.9. The Bertz CT molecular complexity index is 1020. The summed E-state index contributed by atoms with van der Waals surface area (Å²) in [6.07, 6.45) is 9.20. The van der Waals surface area contributed by atoms with Gasteiger partial charge < -0.3 is 10.6 Å². The van der Waals surface area contributed by atoms with Gasteiger partial charge in [-0.25, -0.2) is 0 Å². The molecule has 29 heavy (non-hydrogen) atoms. The molecule has 0 unspecified atom stereocenters. The van der Waals surface area contributed by atoms with Gasteiger partial charge in [0.1, 0.15) is 0 Å². The fourth-order valence-corrected chi connectivity index (χ4v) is 4.03. The van der Waals surface area contributed by atoms with Gasteiger partial charge in [-0.2, -0.15) is 0 Å². The molecule has 2 N–H and O–H groups in total. The highest BCUT2D eigenvalue weighted by Gasteiger charge is 2.18. The maximum atomic E-state index is 12.9. The molecule has 148 valence electrons. The standard InChI is InChI=1S/C24H25N3O2/c28-23(26-15-17-7-2-1-3-8-17)21-13-14-25-16-22(21)27-24(29)20-12-6-10-18-9-4-5-11-19(18)20/h4-6,9-14,16-17H,1-3,7-8,15H2,(H,26,28)(H,27,29). The van der Waals surface area contributed by atoms with Crippen LogP contribution >= 0.6 is 0 Å². The predicted molar refractivity (Wildman–Crippen MR) is 115 cm³/mol. The highest BCUT2D eigenvalue weighted by atomic mass is 16.2. The molecular weight excluding hydrogens is 362 g/mol. The molecule has 1 aromatic heterocycles. The summed E-state index contributed by atoms with van der Waals surface area (Å²) >= 11 is 0. The topological polar surface area (TPSA) is 71.1 Å². The fraction of sp³-hybridized carbons (Fsp3) is 0.292. The average molecular weight is 387 g/mol. The first-order valence-corrected chi connectivity index (χ1v) is 10.2. The monoisotopic (exact) mass is 387 g/mol. The molecule has 0 saturated heterocycles. The van der Waals surface area contributed by atoms with Gasteiger partial charge in [-0.05, 0) is 41.7 Å². The van der Waals surface area contributed by atoms with E-state index in [1.807, 2.05) is 36.4 Å². The number of carbonyl (C=O) groups is 2. The molecule has 1 heterocycles. The van der Waals surface area contributed by atoms with Crippen molar-refractivity contribution in [1.29, 1.82) is 0 Å². The molecule has 4 rings (SSSR count). The van der Waals surface area contributed by atoms with E-state index in [0.29, 0.717) is 29.3 Å². The summed E-state index contributed by atoms with van der Waals surface area (Å²) in [7, 11) is 0. The van der Waals surface area contributed by atoms with Gasteiger partial charge in [-0.1, -0.05) is 55.7 Å². The lowest BCUT2D eigenvalue weighted by Gasteiger charge is -2.22. The molecule has 1 saturated carbocycles. The van der Waals surface area contributed by atoms with Crippen LogP contribution in [0.4, 0.5) is 5.69 Å². The van der Waals surface area contributed by atoms with Crippen LogP contribution in [-0.4, -0.2) is 23.3 Å². The third-order valence-electron chi connectivity index (χ3n) is 5.62. The molecular formula is C24H25N3O2. The molecule has 2 amide bonds. The molecule has 1 aliphatic carbocycles. The van der Waals surface area contributed by atoms with Crippen molar-refractivity contribution in [3.8, 4) is 0 Å². The van der Waals surface area contributed by atoms with Gasteiger partial charge in [-0.15, -0.1) is 0 Å². The van der Waals surface area contributed by atoms with Crippen LogP contribution in [0.25, 0.3) is 10.8 Å². The Morgan fingerprint density at radius 1 is 0.897 bits per heavy atom. The Morgan fingerprint density at radius 2 is 1.69 bits per heavy atom. The van der Waals surface area contributed by atoms with Crippen LogP contribution in [0.5, 0.6) is 0 Å². The molecule has 3 aromatic rings. The van der Waals surface area contributed by atoms with Crippen molar-refractivity contribution >= 4 is 28.3 Å². The number of fused-ring (bicyclic) bond motifs is 1. The highest BCUT2D eigenvalue weighted by molar-refractivity contribution is 6.14. The molecule has 1 aliphatic rings. The third kappa shape index (κ3) is 4.45. The minimum atomic E-state index is -0.254. The number of pyridine rings is 1. The molecule has 2 aromatic carbocycles. The number of carbonyl (C=O) groups excluding carboxylic acids is 2. The number of hydrogen-bond acceptors (Lipinski definition) is 3. The number of amides is 2. The number of nitrogens with one attached hydrogen (secondary N) is 2. The van der Waals surface area contributed by atoms with E-state index < -0.39 is 0 Å². The van der Waals surface area contributed by atoms with E-state index >= 15 is 0 Å². The van der Waals surface area contributed by atoms with Gasteiger partial charge in [0.15, 0.2) is 0 Å². The normalized spacial score (nSPS) is 14.5. The van der Waals surface area contributed by atoms with E-state index in [-0.39, 0.29) is 11.8 Å². The highest BCUT2D eigenvalue weighted by Crippen LogP contribution is 2.24. The summed E-state index contributed by atoms with van der Waals surface area (Å²) in [4.78, 5) is 29.8. The SMILES string of the molecule is O=C(NCC1CCCCC1)c1ccncc1NC(=O)c1cccc2ccccc12. The summed E-state index contributed by atoms with van der Waals surface area (Å²) in [5.74, 6) is 0.116. The predicted octanol–water partition coefficient (Wildman–Crippen LogP) is 4.80. The number of aromatic nitrogens is 1. The first kappa shape index (κ1) is 19.1. The van der Waals surface area contributed by atoms with Crippen molar-refractivity contribution in [2.75, 3.05) is 11.9 Å². The lowest BCUT2D eigenvalue weighted by molar-refractivity contribution is 0.0944. The number of nitrogens with zero attached hydrogens (tertiary/aromatic N) is 1. The zero-order chi connectivity index (χ0) is 20.1. The van der Waals surface area contributed by atoms with E-state index in [0.717, 1.165) is 10.8 Å². The van der Waals surface area contributed by atoms with E-state index in [2.05, 4.69) is 15.6 Å². The zero-order valence-corrected chi connectivity index (χ0v) is 16.4. The first-order chi connectivity index (χ1) is 14.2. The van der Waals surface area contributed by atoms with E-state index in [1.165, 1.54) is 38.3 Å². The molecule has 0 aliphatic heterocycles. The summed E-state index contributed by atoms with van der Waals surface area (Å²) in [6.45, 7) is 0.678. The van der Waals surface area contributed by atoms with E-state index in [4.69, 9.17) is 0 Å². The lowest BCUT2D eigenvalue weighted by atomic mass is 9.89. The van der Waals surface area contributed by atoms with Crippen molar-refractivity contribution in [2.24, 2.45) is 5.92 Å². The second kappa shape index (κ2) is 8.86. The molecule has 0 atom stereocenters. The molecule has 5 heteroatoms. The van der Waals surface area contributed by atoms with Gasteiger partial charge in [0.2, 0.25) is 0 Å². The van der Waals surface area contributed by atoms with Crippen molar-refractivity contribution in [3.05, 3.63) is 72.1 Å². The smallest absolute Gasteiger partial charge is 0.256 e. The van der Waals surface area contributed by atoms with Crippen molar-refractivity contribution in [3.63, 3.8) is 0 Å². The minimum Gasteiger partial charge on any atom is -0.352 e. The molecule has 0 spiro atoms. The summed E-state index contributed by atoms with van der Waals surface area (Å²) < 4.78 is 0. The zero-order valence-electron chi connectivity index (χ0n) is 16.4. The molecule has 1 fully saturated rings. The minimum absolute atomic E-state index is 0.175. The summed E-state index contributed by atoms with van der Waals surface area (Å²) in [5.41, 5.74) is 1.43. The Morgan fingerprint density at radius 3 is 2.55 bits per heavy atom. The Balaban J connectivity index is 1.50. The van der Waals surface area contributed by atoms with E-state index in [9.17, 15) is 9.59 Å². The van der Waals surface area contributed by atoms with Crippen LogP contribution in [0.3, 0.4) is 0 Å². The Labute approximate surface area is 170 Å². The second-order valence-electron chi connectivity index (χ2n) is 7.62. The number of benzene rings is 2. The van der Waals surface area contributed by atoms with Crippen LogP contribution in [0.15, 0.2) is 60.9 Å². The van der Waals surface area contributed by atoms with Crippen LogP contribution in [0, 0.1) is 5.92 Å². The Hall–Kier alpha value is -3.21. The van der Waals surface area contributed by atoms with Crippen LogP contribution < -0.4 is 10.6 Å². The molecule has 5 nitrogen and oxygen atoms in total. The maximum Gasteiger partial charge on any atom is 0.256 e. The van der Waals surface area contributed by atoms with Gasteiger partial charge in [0.05, 0.1) is 17.4 Å².